The molecule has 0 spiro atoms. The van der Waals surface area contributed by atoms with Crippen molar-refractivity contribution < 1.29 is 13.2 Å². The third-order valence-electron chi connectivity index (χ3n) is 1.33. The zero-order chi connectivity index (χ0) is 10.1. The zero-order valence-electron chi connectivity index (χ0n) is 6.03. The van der Waals surface area contributed by atoms with Gasteiger partial charge in [0, 0.05) is 4.90 Å². The normalized spacial score (nSPS) is 11.8. The SMILES string of the molecule is FC(F)(F)c1cc(SCl)ccc1Cl. The fraction of sp³-hybridized carbons (Fsp3) is 0.143. The van der Waals surface area contributed by atoms with Crippen molar-refractivity contribution in [3.63, 3.8) is 0 Å². The summed E-state index contributed by atoms with van der Waals surface area (Å²) < 4.78 is 36.7. The summed E-state index contributed by atoms with van der Waals surface area (Å²) in [5, 5.41) is -0.318. The Balaban J connectivity index is 3.19. The second-order valence-corrected chi connectivity index (χ2v) is 3.71. The molecule has 0 fully saturated rings. The fourth-order valence-electron chi connectivity index (χ4n) is 0.770. The first-order valence-electron chi connectivity index (χ1n) is 3.10. The Kier molecular flexibility index (Phi) is 3.38. The summed E-state index contributed by atoms with van der Waals surface area (Å²) in [6.45, 7) is 0. The van der Waals surface area contributed by atoms with Crippen LogP contribution in [0.1, 0.15) is 5.56 Å². The monoisotopic (exact) mass is 246 g/mol. The van der Waals surface area contributed by atoms with Gasteiger partial charge in [0.1, 0.15) is 0 Å². The number of hydrogen-bond donors (Lipinski definition) is 0. The van der Waals surface area contributed by atoms with Crippen molar-refractivity contribution in [1.82, 2.24) is 0 Å². The van der Waals surface area contributed by atoms with E-state index in [1.807, 2.05) is 0 Å². The summed E-state index contributed by atoms with van der Waals surface area (Å²) >= 11 is 5.37. The first-order valence-corrected chi connectivity index (χ1v) is 5.12. The fourth-order valence-corrected chi connectivity index (χ4v) is 1.56. The highest BCUT2D eigenvalue weighted by atomic mass is 35.7. The van der Waals surface area contributed by atoms with Crippen LogP contribution in [0, 0.1) is 0 Å². The second kappa shape index (κ2) is 3.98. The van der Waals surface area contributed by atoms with Crippen LogP contribution in [-0.4, -0.2) is 0 Å². The van der Waals surface area contributed by atoms with Crippen LogP contribution in [-0.2, 0) is 6.18 Å². The molecule has 0 aliphatic carbocycles. The Labute approximate surface area is 86.5 Å². The molecule has 13 heavy (non-hydrogen) atoms. The lowest BCUT2D eigenvalue weighted by Gasteiger charge is -2.09. The Morgan fingerprint density at radius 3 is 2.31 bits per heavy atom. The van der Waals surface area contributed by atoms with E-state index in [9.17, 15) is 13.2 Å². The summed E-state index contributed by atoms with van der Waals surface area (Å²) in [5.41, 5.74) is -0.861. The maximum absolute atomic E-state index is 12.2. The molecule has 0 nitrogen and oxygen atoms in total. The van der Waals surface area contributed by atoms with Gasteiger partial charge in [-0.25, -0.2) is 0 Å². The smallest absolute Gasteiger partial charge is 0.166 e. The molecule has 0 heterocycles. The highest BCUT2D eigenvalue weighted by Gasteiger charge is 2.33. The van der Waals surface area contributed by atoms with E-state index < -0.39 is 11.7 Å². The van der Waals surface area contributed by atoms with Crippen LogP contribution in [0.2, 0.25) is 5.02 Å². The minimum Gasteiger partial charge on any atom is -0.166 e. The molecule has 72 valence electrons. The van der Waals surface area contributed by atoms with Crippen LogP contribution in [0.25, 0.3) is 0 Å². The summed E-state index contributed by atoms with van der Waals surface area (Å²) in [4.78, 5) is 0.318. The zero-order valence-corrected chi connectivity index (χ0v) is 8.36. The van der Waals surface area contributed by atoms with Crippen LogP contribution in [0.4, 0.5) is 13.2 Å². The molecule has 0 bridgehead atoms. The van der Waals surface area contributed by atoms with Gasteiger partial charge in [0.2, 0.25) is 0 Å². The molecular weight excluding hydrogens is 244 g/mol. The first kappa shape index (κ1) is 11.0. The van der Waals surface area contributed by atoms with Crippen LogP contribution >= 0.6 is 33.3 Å². The summed E-state index contributed by atoms with van der Waals surface area (Å²) in [6, 6.07) is 3.52. The molecule has 0 unspecified atom stereocenters. The van der Waals surface area contributed by atoms with E-state index in [1.54, 1.807) is 0 Å². The molecule has 6 heteroatoms. The van der Waals surface area contributed by atoms with Gasteiger partial charge in [-0.05, 0) is 39.9 Å². The lowest BCUT2D eigenvalue weighted by molar-refractivity contribution is -0.137. The van der Waals surface area contributed by atoms with Crippen LogP contribution in [0.3, 0.4) is 0 Å². The van der Waals surface area contributed by atoms with Gasteiger partial charge in [-0.3, -0.25) is 0 Å². The summed E-state index contributed by atoms with van der Waals surface area (Å²) in [5.74, 6) is 0. The molecule has 0 atom stereocenters. The summed E-state index contributed by atoms with van der Waals surface area (Å²) in [6.07, 6.45) is -4.43. The van der Waals surface area contributed by atoms with E-state index in [1.165, 1.54) is 12.1 Å². The van der Waals surface area contributed by atoms with Crippen molar-refractivity contribution in [2.45, 2.75) is 11.1 Å². The number of alkyl halides is 3. The number of benzene rings is 1. The van der Waals surface area contributed by atoms with Crippen molar-refractivity contribution in [2.24, 2.45) is 0 Å². The van der Waals surface area contributed by atoms with Gasteiger partial charge in [0.05, 0.1) is 10.6 Å². The lowest BCUT2D eigenvalue weighted by Crippen LogP contribution is -2.05. The molecule has 0 saturated heterocycles. The molecule has 0 N–H and O–H groups in total. The van der Waals surface area contributed by atoms with Crippen molar-refractivity contribution >= 4 is 33.3 Å². The lowest BCUT2D eigenvalue weighted by atomic mass is 10.2. The average Bonchev–Trinajstić information content (AvgIpc) is 2.03. The van der Waals surface area contributed by atoms with E-state index in [0.29, 0.717) is 4.90 Å². The van der Waals surface area contributed by atoms with Gasteiger partial charge < -0.3 is 0 Å². The molecular formula is C7H3Cl2F3S. The van der Waals surface area contributed by atoms with Crippen molar-refractivity contribution in [2.75, 3.05) is 0 Å². The van der Waals surface area contributed by atoms with Crippen molar-refractivity contribution in [3.05, 3.63) is 28.8 Å². The predicted molar refractivity (Wildman–Crippen MR) is 48.2 cm³/mol. The molecule has 1 rings (SSSR count). The predicted octanol–water partition coefficient (Wildman–Crippen LogP) is 4.60. The van der Waals surface area contributed by atoms with Crippen LogP contribution in [0.5, 0.6) is 0 Å². The molecule has 0 radical (unpaired) electrons. The highest BCUT2D eigenvalue weighted by molar-refractivity contribution is 8.21. The van der Waals surface area contributed by atoms with E-state index in [4.69, 9.17) is 22.3 Å². The van der Waals surface area contributed by atoms with E-state index >= 15 is 0 Å². The van der Waals surface area contributed by atoms with Crippen molar-refractivity contribution in [1.29, 1.82) is 0 Å². The van der Waals surface area contributed by atoms with Crippen LogP contribution < -0.4 is 0 Å². The van der Waals surface area contributed by atoms with Gasteiger partial charge in [0.15, 0.2) is 0 Å². The Bertz CT molecular complexity index is 311. The van der Waals surface area contributed by atoms with Gasteiger partial charge in [-0.2, -0.15) is 13.2 Å². The quantitative estimate of drug-likeness (QED) is 0.698. The first-order chi connectivity index (χ1) is 5.95. The van der Waals surface area contributed by atoms with Crippen LogP contribution in [0.15, 0.2) is 23.1 Å². The topological polar surface area (TPSA) is 0 Å². The Morgan fingerprint density at radius 2 is 1.85 bits per heavy atom. The number of halogens is 5. The molecule has 0 aromatic heterocycles. The second-order valence-electron chi connectivity index (χ2n) is 2.22. The average molecular weight is 247 g/mol. The Hall–Kier alpha value is -0.0600. The maximum atomic E-state index is 12.2. The van der Waals surface area contributed by atoms with Gasteiger partial charge in [-0.15, -0.1) is 0 Å². The minimum atomic E-state index is -4.43. The highest BCUT2D eigenvalue weighted by Crippen LogP contribution is 2.37. The van der Waals surface area contributed by atoms with Gasteiger partial charge in [-0.1, -0.05) is 11.6 Å². The molecule has 0 amide bonds. The molecule has 0 aliphatic rings. The number of rotatable bonds is 1. The molecule has 0 saturated carbocycles. The third kappa shape index (κ3) is 2.69. The largest absolute Gasteiger partial charge is 0.417 e. The maximum Gasteiger partial charge on any atom is 0.417 e. The van der Waals surface area contributed by atoms with E-state index in [-0.39, 0.29) is 5.02 Å². The van der Waals surface area contributed by atoms with Crippen molar-refractivity contribution in [3.8, 4) is 0 Å². The van der Waals surface area contributed by atoms with Gasteiger partial charge in [0.25, 0.3) is 0 Å². The summed E-state index contributed by atoms with van der Waals surface area (Å²) in [7, 11) is 6.03. The third-order valence-corrected chi connectivity index (χ3v) is 2.63. The number of hydrogen-bond acceptors (Lipinski definition) is 1. The van der Waals surface area contributed by atoms with E-state index in [2.05, 4.69) is 0 Å². The standard InChI is InChI=1S/C7H3Cl2F3S/c8-6-2-1-4(13-9)3-5(6)7(10,11)12/h1-3H. The molecule has 1 aromatic rings. The minimum absolute atomic E-state index is 0.318. The Morgan fingerprint density at radius 1 is 1.23 bits per heavy atom. The van der Waals surface area contributed by atoms with Gasteiger partial charge >= 0.3 is 6.18 Å². The molecule has 0 aliphatic heterocycles. The van der Waals surface area contributed by atoms with E-state index in [0.717, 1.165) is 17.0 Å². The molecule has 1 aromatic carbocycles.